The molecule has 2 aromatic heterocycles. The number of nitrogens with two attached hydrogens (primary N) is 1. The molecule has 0 bridgehead atoms. The van der Waals surface area contributed by atoms with E-state index in [0.717, 1.165) is 90.2 Å². The standard InChI is InChI=1S/C43H51ClN8O3/c1-4-39-38(40(47-36-12-18-55-19-13-36)37-25-46-52(5-2)42(37)48-39)28-51(43(54)33-11-7-10-32(23-33)41(45)53)27-30-21-34(24-35(44)22-30)31-9-6-8-29(20-31)26-50-16-14-49(3)15-17-50/h6-11,20-25,36H,4-5,12-19,26-28H2,1-3H3,(H2,45,53)(H,47,48). The Bertz CT molecular complexity index is 2160. The van der Waals surface area contributed by atoms with Crippen molar-refractivity contribution in [1.82, 2.24) is 29.5 Å². The molecular weight excluding hydrogens is 712 g/mol. The van der Waals surface area contributed by atoms with E-state index in [9.17, 15) is 9.59 Å². The van der Waals surface area contributed by atoms with Crippen LogP contribution in [0.2, 0.25) is 5.02 Å². The summed E-state index contributed by atoms with van der Waals surface area (Å²) in [6.07, 6.45) is 4.28. The van der Waals surface area contributed by atoms with Gasteiger partial charge in [0, 0.05) is 92.5 Å². The zero-order valence-electron chi connectivity index (χ0n) is 32.1. The lowest BCUT2D eigenvalue weighted by atomic mass is 9.99. The van der Waals surface area contributed by atoms with Crippen LogP contribution in [-0.2, 0) is 37.3 Å². The second kappa shape index (κ2) is 17.3. The van der Waals surface area contributed by atoms with E-state index in [4.69, 9.17) is 27.1 Å². The molecule has 0 unspecified atom stereocenters. The first kappa shape index (κ1) is 38.5. The van der Waals surface area contributed by atoms with Crippen molar-refractivity contribution in [1.29, 1.82) is 0 Å². The number of aryl methyl sites for hydroxylation is 2. The van der Waals surface area contributed by atoms with Gasteiger partial charge in [0.25, 0.3) is 5.91 Å². The van der Waals surface area contributed by atoms with Gasteiger partial charge < -0.3 is 25.6 Å². The minimum absolute atomic E-state index is 0.201. The molecule has 7 rings (SSSR count). The van der Waals surface area contributed by atoms with Crippen LogP contribution in [-0.4, -0.2) is 93.8 Å². The largest absolute Gasteiger partial charge is 0.381 e. The van der Waals surface area contributed by atoms with Crippen LogP contribution in [0.4, 0.5) is 5.69 Å². The minimum atomic E-state index is -0.589. The predicted octanol–water partition coefficient (Wildman–Crippen LogP) is 6.61. The highest BCUT2D eigenvalue weighted by Gasteiger charge is 2.26. The maximum Gasteiger partial charge on any atom is 0.254 e. The molecule has 2 amide bonds. The number of aromatic nitrogens is 3. The lowest BCUT2D eigenvalue weighted by molar-refractivity contribution is 0.0730. The van der Waals surface area contributed by atoms with Gasteiger partial charge >= 0.3 is 0 Å². The molecule has 2 saturated heterocycles. The number of ether oxygens (including phenoxy) is 1. The summed E-state index contributed by atoms with van der Waals surface area (Å²) < 4.78 is 7.60. The monoisotopic (exact) mass is 762 g/mol. The molecule has 55 heavy (non-hydrogen) atoms. The van der Waals surface area contributed by atoms with E-state index in [1.165, 1.54) is 5.56 Å². The van der Waals surface area contributed by atoms with Gasteiger partial charge in [-0.1, -0.05) is 42.8 Å². The molecule has 3 N–H and O–H groups in total. The van der Waals surface area contributed by atoms with E-state index in [-0.39, 0.29) is 30.6 Å². The summed E-state index contributed by atoms with van der Waals surface area (Å²) in [4.78, 5) is 38.7. The molecule has 0 atom stereocenters. The van der Waals surface area contributed by atoms with E-state index < -0.39 is 5.91 Å². The summed E-state index contributed by atoms with van der Waals surface area (Å²) in [5.41, 5.74) is 14.1. The number of anilines is 1. The van der Waals surface area contributed by atoms with Crippen molar-refractivity contribution in [3.63, 3.8) is 0 Å². The van der Waals surface area contributed by atoms with Gasteiger partial charge in [-0.3, -0.25) is 14.5 Å². The number of hydrogen-bond acceptors (Lipinski definition) is 8. The number of pyridine rings is 1. The average molecular weight is 763 g/mol. The summed E-state index contributed by atoms with van der Waals surface area (Å²) in [7, 11) is 2.17. The molecule has 11 nitrogen and oxygen atoms in total. The predicted molar refractivity (Wildman–Crippen MR) is 218 cm³/mol. The number of amides is 2. The maximum absolute atomic E-state index is 14.7. The summed E-state index contributed by atoms with van der Waals surface area (Å²) >= 11 is 6.86. The Hall–Kier alpha value is -4.81. The highest BCUT2D eigenvalue weighted by atomic mass is 35.5. The fourth-order valence-corrected chi connectivity index (χ4v) is 7.96. The van der Waals surface area contributed by atoms with Crippen molar-refractivity contribution in [3.8, 4) is 11.1 Å². The Morgan fingerprint density at radius 3 is 2.42 bits per heavy atom. The van der Waals surface area contributed by atoms with Crippen LogP contribution in [0.3, 0.4) is 0 Å². The zero-order chi connectivity index (χ0) is 38.5. The van der Waals surface area contributed by atoms with Crippen molar-refractivity contribution >= 4 is 40.1 Å². The van der Waals surface area contributed by atoms with Crippen molar-refractivity contribution in [2.75, 3.05) is 51.8 Å². The Morgan fingerprint density at radius 2 is 1.67 bits per heavy atom. The molecule has 0 radical (unpaired) electrons. The highest BCUT2D eigenvalue weighted by molar-refractivity contribution is 6.31. The van der Waals surface area contributed by atoms with Gasteiger partial charge in [0.1, 0.15) is 0 Å². The van der Waals surface area contributed by atoms with Crippen LogP contribution >= 0.6 is 11.6 Å². The first-order chi connectivity index (χ1) is 26.7. The molecule has 2 aliphatic heterocycles. The quantitative estimate of drug-likeness (QED) is 0.138. The third-order valence-electron chi connectivity index (χ3n) is 10.8. The number of hydrogen-bond donors (Lipinski definition) is 2. The molecule has 12 heteroatoms. The normalized spacial score (nSPS) is 15.7. The summed E-state index contributed by atoms with van der Waals surface area (Å²) in [6, 6.07) is 21.5. The zero-order valence-corrected chi connectivity index (χ0v) is 32.8. The van der Waals surface area contributed by atoms with Gasteiger partial charge in [-0.15, -0.1) is 0 Å². The molecule has 0 saturated carbocycles. The number of piperazine rings is 1. The number of nitrogens with zero attached hydrogens (tertiary/aromatic N) is 6. The summed E-state index contributed by atoms with van der Waals surface area (Å²) in [5.74, 6) is -0.823. The smallest absolute Gasteiger partial charge is 0.254 e. The number of likely N-dealkylation sites (N-methyl/N-ethyl adjacent to an activating group) is 1. The van der Waals surface area contributed by atoms with Crippen LogP contribution in [0.1, 0.15) is 69.8 Å². The SMILES string of the molecule is CCc1nc2c(cnn2CC)c(NC2CCOCC2)c1CN(Cc1cc(Cl)cc(-c2cccc(CN3CCN(C)CC3)c2)c1)C(=O)c1cccc(C(N)=O)c1. The molecular formula is C43H51ClN8O3. The van der Waals surface area contributed by atoms with Crippen molar-refractivity contribution in [3.05, 3.63) is 111 Å². The molecule has 4 heterocycles. The number of nitrogens with one attached hydrogen (secondary N) is 1. The Kier molecular flexibility index (Phi) is 12.1. The Balaban J connectivity index is 1.27. The first-order valence-corrected chi connectivity index (χ1v) is 19.8. The fraction of sp³-hybridized carbons (Fsp3) is 0.395. The van der Waals surface area contributed by atoms with E-state index in [1.54, 1.807) is 24.3 Å². The van der Waals surface area contributed by atoms with Crippen LogP contribution in [0, 0.1) is 0 Å². The third-order valence-corrected chi connectivity index (χ3v) is 11.0. The molecule has 5 aromatic rings. The Labute approximate surface area is 328 Å². The molecule has 288 valence electrons. The van der Waals surface area contributed by atoms with Crippen LogP contribution in [0.5, 0.6) is 0 Å². The van der Waals surface area contributed by atoms with Gasteiger partial charge in [0.2, 0.25) is 5.91 Å². The van der Waals surface area contributed by atoms with E-state index in [0.29, 0.717) is 36.8 Å². The number of carbonyl (C=O) groups is 2. The molecule has 2 aliphatic rings. The van der Waals surface area contributed by atoms with E-state index in [1.807, 2.05) is 27.9 Å². The van der Waals surface area contributed by atoms with Gasteiger partial charge in [0.15, 0.2) is 5.65 Å². The van der Waals surface area contributed by atoms with Crippen LogP contribution < -0.4 is 11.1 Å². The van der Waals surface area contributed by atoms with E-state index >= 15 is 0 Å². The maximum atomic E-state index is 14.7. The number of rotatable bonds is 13. The molecule has 0 spiro atoms. The minimum Gasteiger partial charge on any atom is -0.381 e. The number of halogens is 1. The second-order valence-electron chi connectivity index (χ2n) is 14.7. The third kappa shape index (κ3) is 9.02. The topological polar surface area (TPSA) is 122 Å². The average Bonchev–Trinajstić information content (AvgIpc) is 3.62. The lowest BCUT2D eigenvalue weighted by Crippen LogP contribution is -2.43. The lowest BCUT2D eigenvalue weighted by Gasteiger charge is -2.32. The van der Waals surface area contributed by atoms with Crippen molar-refractivity contribution in [2.24, 2.45) is 5.73 Å². The van der Waals surface area contributed by atoms with Gasteiger partial charge in [-0.2, -0.15) is 5.10 Å². The van der Waals surface area contributed by atoms with Crippen LogP contribution in [0.15, 0.2) is 72.9 Å². The molecule has 0 aliphatic carbocycles. The first-order valence-electron chi connectivity index (χ1n) is 19.4. The summed E-state index contributed by atoms with van der Waals surface area (Å²) in [6.45, 7) is 11.9. The van der Waals surface area contributed by atoms with Gasteiger partial charge in [-0.05, 0) is 98.0 Å². The highest BCUT2D eigenvalue weighted by Crippen LogP contribution is 2.34. The van der Waals surface area contributed by atoms with E-state index in [2.05, 4.69) is 71.4 Å². The van der Waals surface area contributed by atoms with Gasteiger partial charge in [-0.25, -0.2) is 9.67 Å². The van der Waals surface area contributed by atoms with Crippen molar-refractivity contribution < 1.29 is 14.3 Å². The van der Waals surface area contributed by atoms with Crippen molar-refractivity contribution in [2.45, 2.75) is 65.3 Å². The number of benzene rings is 3. The fourth-order valence-electron chi connectivity index (χ4n) is 7.70. The van der Waals surface area contributed by atoms with Gasteiger partial charge in [0.05, 0.1) is 23.8 Å². The second-order valence-corrected chi connectivity index (χ2v) is 15.2. The van der Waals surface area contributed by atoms with Crippen LogP contribution in [0.25, 0.3) is 22.2 Å². The number of primary amides is 1. The molecule has 2 fully saturated rings. The summed E-state index contributed by atoms with van der Waals surface area (Å²) in [5, 5.41) is 10.0. The Morgan fingerprint density at radius 1 is 0.927 bits per heavy atom. The number of carbonyl (C=O) groups excluding carboxylic acids is 2. The number of fused-ring (bicyclic) bond motifs is 1. The molecule has 3 aromatic carbocycles.